The molecule has 0 spiro atoms. The predicted octanol–water partition coefficient (Wildman–Crippen LogP) is 5.58. The predicted molar refractivity (Wildman–Crippen MR) is 117 cm³/mol. The number of para-hydroxylation sites is 1. The topological polar surface area (TPSA) is 82.6 Å². The molecule has 0 bridgehead atoms. The van der Waals surface area contributed by atoms with Crippen molar-refractivity contribution >= 4 is 22.4 Å². The molecule has 0 saturated carbocycles. The molecule has 1 aliphatic heterocycles. The van der Waals surface area contributed by atoms with Gasteiger partial charge >= 0.3 is 5.63 Å². The molecule has 0 fully saturated rings. The minimum atomic E-state index is -0.490. The summed E-state index contributed by atoms with van der Waals surface area (Å²) >= 11 is 0. The van der Waals surface area contributed by atoms with Crippen molar-refractivity contribution in [1.82, 2.24) is 0 Å². The Kier molecular flexibility index (Phi) is 4.40. The zero-order chi connectivity index (χ0) is 21.5. The van der Waals surface area contributed by atoms with Crippen molar-refractivity contribution in [3.8, 4) is 5.75 Å². The molecular formula is C25H17NO5. The van der Waals surface area contributed by atoms with Gasteiger partial charge in [0.2, 0.25) is 0 Å². The molecule has 3 aromatic carbocycles. The first kappa shape index (κ1) is 18.8. The number of aryl methyl sites for hydroxylation is 1. The van der Waals surface area contributed by atoms with Crippen LogP contribution in [0.15, 0.2) is 88.1 Å². The lowest BCUT2D eigenvalue weighted by Gasteiger charge is -2.25. The highest BCUT2D eigenvalue weighted by atomic mass is 16.6. The van der Waals surface area contributed by atoms with Gasteiger partial charge in [0.25, 0.3) is 5.69 Å². The summed E-state index contributed by atoms with van der Waals surface area (Å²) in [5.41, 5.74) is 3.06. The van der Waals surface area contributed by atoms with Crippen LogP contribution >= 0.6 is 0 Å². The first-order valence-corrected chi connectivity index (χ1v) is 9.78. The smallest absolute Gasteiger partial charge is 0.344 e. The Labute approximate surface area is 177 Å². The Morgan fingerprint density at radius 2 is 1.65 bits per heavy atom. The number of ether oxygens (including phenoxy) is 1. The van der Waals surface area contributed by atoms with Crippen molar-refractivity contribution in [3.63, 3.8) is 0 Å². The fraction of sp³-hybridized carbons (Fsp3) is 0.0800. The average molecular weight is 411 g/mol. The second kappa shape index (κ2) is 7.25. The molecule has 6 nitrogen and oxygen atoms in total. The lowest BCUT2D eigenvalue weighted by Crippen LogP contribution is -2.19. The normalized spacial score (nSPS) is 15.1. The number of hydrogen-bond donors (Lipinski definition) is 0. The Hall–Kier alpha value is -4.19. The van der Waals surface area contributed by atoms with E-state index in [2.05, 4.69) is 0 Å². The summed E-state index contributed by atoms with van der Waals surface area (Å²) < 4.78 is 11.8. The molecule has 1 unspecified atom stereocenters. The van der Waals surface area contributed by atoms with Crippen LogP contribution in [-0.2, 0) is 0 Å². The summed E-state index contributed by atoms with van der Waals surface area (Å²) in [5, 5.41) is 11.8. The largest absolute Gasteiger partial charge is 0.456 e. The zero-order valence-electron chi connectivity index (χ0n) is 16.6. The molecule has 0 N–H and O–H groups in total. The van der Waals surface area contributed by atoms with E-state index in [1.807, 2.05) is 49.4 Å². The van der Waals surface area contributed by atoms with Gasteiger partial charge in [-0.1, -0.05) is 54.1 Å². The monoisotopic (exact) mass is 411 g/mol. The highest BCUT2D eigenvalue weighted by Crippen LogP contribution is 2.43. The number of nitro groups is 1. The van der Waals surface area contributed by atoms with Gasteiger partial charge in [0.1, 0.15) is 17.1 Å². The van der Waals surface area contributed by atoms with Crippen LogP contribution in [0.5, 0.6) is 5.75 Å². The van der Waals surface area contributed by atoms with Gasteiger partial charge < -0.3 is 9.15 Å². The molecule has 4 aromatic rings. The number of nitro benzene ring substituents is 1. The van der Waals surface area contributed by atoms with Crippen molar-refractivity contribution in [2.24, 2.45) is 0 Å². The van der Waals surface area contributed by atoms with E-state index in [1.54, 1.807) is 24.3 Å². The Morgan fingerprint density at radius 1 is 0.935 bits per heavy atom. The molecule has 1 aromatic heterocycles. The Morgan fingerprint density at radius 3 is 2.35 bits per heavy atom. The van der Waals surface area contributed by atoms with E-state index in [4.69, 9.17) is 9.15 Å². The molecule has 0 radical (unpaired) electrons. The fourth-order valence-corrected chi connectivity index (χ4v) is 3.83. The number of non-ortho nitro benzene ring substituents is 1. The summed E-state index contributed by atoms with van der Waals surface area (Å²) in [6.07, 6.45) is 1.86. The maximum atomic E-state index is 12.9. The van der Waals surface area contributed by atoms with Crippen LogP contribution in [0.1, 0.15) is 28.2 Å². The van der Waals surface area contributed by atoms with Crippen molar-refractivity contribution in [2.45, 2.75) is 12.8 Å². The third kappa shape index (κ3) is 3.28. The molecule has 152 valence electrons. The average Bonchev–Trinajstić information content (AvgIpc) is 2.79. The van der Waals surface area contributed by atoms with Crippen LogP contribution in [0.4, 0.5) is 5.69 Å². The van der Waals surface area contributed by atoms with Crippen molar-refractivity contribution in [1.29, 1.82) is 0 Å². The van der Waals surface area contributed by atoms with Crippen molar-refractivity contribution in [2.75, 3.05) is 0 Å². The van der Waals surface area contributed by atoms with E-state index in [-0.39, 0.29) is 5.69 Å². The zero-order valence-corrected chi connectivity index (χ0v) is 16.6. The lowest BCUT2D eigenvalue weighted by atomic mass is 9.88. The molecule has 5 rings (SSSR count). The van der Waals surface area contributed by atoms with Gasteiger partial charge in [-0.3, -0.25) is 10.1 Å². The van der Waals surface area contributed by atoms with Gasteiger partial charge in [0, 0.05) is 23.6 Å². The third-order valence-electron chi connectivity index (χ3n) is 5.44. The molecule has 31 heavy (non-hydrogen) atoms. The Bertz CT molecular complexity index is 1400. The minimum absolute atomic E-state index is 0.00989. The maximum absolute atomic E-state index is 12.9. The van der Waals surface area contributed by atoms with Gasteiger partial charge in [-0.25, -0.2) is 4.79 Å². The van der Waals surface area contributed by atoms with Crippen molar-refractivity contribution in [3.05, 3.63) is 122 Å². The van der Waals surface area contributed by atoms with E-state index in [1.165, 1.54) is 12.1 Å². The summed E-state index contributed by atoms with van der Waals surface area (Å²) in [6.45, 7) is 2.01. The fourth-order valence-electron chi connectivity index (χ4n) is 3.83. The van der Waals surface area contributed by atoms with E-state index in [9.17, 15) is 14.9 Å². The quantitative estimate of drug-likeness (QED) is 0.250. The van der Waals surface area contributed by atoms with E-state index < -0.39 is 16.5 Å². The number of allylic oxidation sites excluding steroid dienone is 1. The van der Waals surface area contributed by atoms with Gasteiger partial charge in [0.15, 0.2) is 0 Å². The minimum Gasteiger partial charge on any atom is -0.456 e. The standard InChI is InChI=1S/C25H17NO5/c1-15-6-8-17(9-7-15)22-14-20(16-10-12-18(13-11-16)26(28)29)23-24(30-22)19-4-2-3-5-21(19)31-25(23)27/h2-14,20H,1H3. The number of fused-ring (bicyclic) bond motifs is 3. The van der Waals surface area contributed by atoms with E-state index in [0.717, 1.165) is 16.7 Å². The first-order valence-electron chi connectivity index (χ1n) is 9.78. The van der Waals surface area contributed by atoms with Crippen LogP contribution in [0.25, 0.3) is 16.7 Å². The molecular weight excluding hydrogens is 394 g/mol. The summed E-state index contributed by atoms with van der Waals surface area (Å²) in [7, 11) is 0. The number of rotatable bonds is 3. The summed E-state index contributed by atoms with van der Waals surface area (Å²) in [6, 6.07) is 21.3. The SMILES string of the molecule is Cc1ccc(C2=CC(c3ccc([N+](=O)[O-])cc3)c3c(c4ccccc4oc3=O)O2)cc1. The molecule has 1 atom stereocenters. The molecule has 0 amide bonds. The Balaban J connectivity index is 1.74. The molecule has 1 aliphatic rings. The number of hydrogen-bond acceptors (Lipinski definition) is 5. The lowest BCUT2D eigenvalue weighted by molar-refractivity contribution is -0.384. The van der Waals surface area contributed by atoms with Gasteiger partial charge in [-0.05, 0) is 30.7 Å². The van der Waals surface area contributed by atoms with Crippen LogP contribution in [-0.4, -0.2) is 4.92 Å². The van der Waals surface area contributed by atoms with Crippen molar-refractivity contribution < 1.29 is 14.1 Å². The molecule has 6 heteroatoms. The second-order valence-electron chi connectivity index (χ2n) is 7.45. The van der Waals surface area contributed by atoms with Crippen LogP contribution in [0.2, 0.25) is 0 Å². The molecule has 2 heterocycles. The molecule has 0 aliphatic carbocycles. The van der Waals surface area contributed by atoms with E-state index in [0.29, 0.717) is 28.0 Å². The summed E-state index contributed by atoms with van der Waals surface area (Å²) in [4.78, 5) is 23.6. The highest BCUT2D eigenvalue weighted by molar-refractivity contribution is 5.87. The third-order valence-corrected chi connectivity index (χ3v) is 5.44. The van der Waals surface area contributed by atoms with Gasteiger partial charge in [-0.15, -0.1) is 0 Å². The molecule has 0 saturated heterocycles. The number of nitrogens with zero attached hydrogens (tertiary/aromatic N) is 1. The summed E-state index contributed by atoms with van der Waals surface area (Å²) in [5.74, 6) is 0.599. The van der Waals surface area contributed by atoms with Crippen LogP contribution in [0.3, 0.4) is 0 Å². The van der Waals surface area contributed by atoms with Gasteiger partial charge in [0.05, 0.1) is 15.9 Å². The second-order valence-corrected chi connectivity index (χ2v) is 7.45. The van der Waals surface area contributed by atoms with Crippen LogP contribution in [0, 0.1) is 17.0 Å². The first-order chi connectivity index (χ1) is 15.0. The number of benzene rings is 3. The van der Waals surface area contributed by atoms with Gasteiger partial charge in [-0.2, -0.15) is 0 Å². The van der Waals surface area contributed by atoms with E-state index >= 15 is 0 Å². The highest BCUT2D eigenvalue weighted by Gasteiger charge is 2.30. The maximum Gasteiger partial charge on any atom is 0.344 e. The van der Waals surface area contributed by atoms with Crippen LogP contribution < -0.4 is 10.4 Å².